The van der Waals surface area contributed by atoms with Crippen LogP contribution in [0.15, 0.2) is 43.0 Å². The maximum Gasteiger partial charge on any atom is 0.223 e. The summed E-state index contributed by atoms with van der Waals surface area (Å²) < 4.78 is 0. The van der Waals surface area contributed by atoms with E-state index in [1.54, 1.807) is 6.08 Å². The molecule has 1 aliphatic carbocycles. The van der Waals surface area contributed by atoms with Gasteiger partial charge in [-0.15, -0.1) is 19.0 Å². The Morgan fingerprint density at radius 1 is 1.32 bits per heavy atom. The van der Waals surface area contributed by atoms with Crippen LogP contribution >= 0.6 is 12.4 Å². The number of hydrogen-bond donors (Lipinski definition) is 1. The summed E-state index contributed by atoms with van der Waals surface area (Å²) in [6.07, 6.45) is 6.58. The van der Waals surface area contributed by atoms with Crippen LogP contribution in [0.3, 0.4) is 0 Å². The normalized spacial score (nSPS) is 20.2. The van der Waals surface area contributed by atoms with E-state index < -0.39 is 0 Å². The largest absolute Gasteiger partial charge is 0.339 e. The Balaban J connectivity index is 0.00000242. The first-order valence-corrected chi connectivity index (χ1v) is 7.89. The van der Waals surface area contributed by atoms with E-state index in [-0.39, 0.29) is 24.4 Å². The van der Waals surface area contributed by atoms with Crippen molar-refractivity contribution in [1.29, 1.82) is 0 Å². The van der Waals surface area contributed by atoms with E-state index in [2.05, 4.69) is 18.7 Å². The molecule has 0 heterocycles. The zero-order chi connectivity index (χ0) is 15.1. The molecule has 22 heavy (non-hydrogen) atoms. The third-order valence-corrected chi connectivity index (χ3v) is 4.37. The van der Waals surface area contributed by atoms with Crippen LogP contribution in [0.1, 0.15) is 31.2 Å². The monoisotopic (exact) mass is 322 g/mol. The highest BCUT2D eigenvalue weighted by atomic mass is 35.5. The van der Waals surface area contributed by atoms with Gasteiger partial charge in [-0.05, 0) is 30.7 Å². The van der Waals surface area contributed by atoms with Crippen molar-refractivity contribution in [2.45, 2.75) is 38.1 Å². The number of carbonyl (C=O) groups excluding carboxylic acids is 1. The molecule has 0 unspecified atom stereocenters. The minimum Gasteiger partial charge on any atom is -0.339 e. The van der Waals surface area contributed by atoms with Crippen molar-refractivity contribution in [1.82, 2.24) is 4.90 Å². The highest BCUT2D eigenvalue weighted by molar-refractivity contribution is 5.85. The molecule has 0 radical (unpaired) electrons. The molecular weight excluding hydrogens is 296 g/mol. The number of carbonyl (C=O) groups is 1. The summed E-state index contributed by atoms with van der Waals surface area (Å²) in [6.45, 7) is 5.13. The van der Waals surface area contributed by atoms with Crippen LogP contribution in [0.5, 0.6) is 0 Å². The van der Waals surface area contributed by atoms with Crippen molar-refractivity contribution in [3.8, 4) is 0 Å². The lowest BCUT2D eigenvalue weighted by atomic mass is 9.99. The summed E-state index contributed by atoms with van der Waals surface area (Å²) in [6, 6.07) is 10.5. The van der Waals surface area contributed by atoms with Gasteiger partial charge in [0.1, 0.15) is 0 Å². The number of hydrogen-bond acceptors (Lipinski definition) is 2. The van der Waals surface area contributed by atoms with Crippen LogP contribution in [-0.2, 0) is 11.2 Å². The third-order valence-electron chi connectivity index (χ3n) is 4.37. The van der Waals surface area contributed by atoms with Crippen LogP contribution in [-0.4, -0.2) is 29.9 Å². The van der Waals surface area contributed by atoms with E-state index in [1.165, 1.54) is 5.56 Å². The second-order valence-corrected chi connectivity index (χ2v) is 5.92. The molecular formula is C18H27ClN2O. The van der Waals surface area contributed by atoms with Gasteiger partial charge in [0, 0.05) is 25.6 Å². The molecule has 122 valence electrons. The zero-order valence-corrected chi connectivity index (χ0v) is 13.9. The number of nitrogens with zero attached hydrogens (tertiary/aromatic N) is 1. The molecule has 1 aliphatic rings. The van der Waals surface area contributed by atoms with Gasteiger partial charge >= 0.3 is 0 Å². The van der Waals surface area contributed by atoms with E-state index in [0.717, 1.165) is 32.2 Å². The molecule has 0 spiro atoms. The van der Waals surface area contributed by atoms with Crippen molar-refractivity contribution in [2.24, 2.45) is 11.7 Å². The first-order chi connectivity index (χ1) is 10.2. The number of halogens is 1. The van der Waals surface area contributed by atoms with Gasteiger partial charge in [-0.25, -0.2) is 0 Å². The van der Waals surface area contributed by atoms with Gasteiger partial charge in [0.15, 0.2) is 0 Å². The summed E-state index contributed by atoms with van der Waals surface area (Å²) in [4.78, 5) is 14.4. The van der Waals surface area contributed by atoms with Crippen molar-refractivity contribution in [2.75, 3.05) is 13.1 Å². The van der Waals surface area contributed by atoms with Gasteiger partial charge in [0.05, 0.1) is 0 Å². The Bertz CT molecular complexity index is 463. The predicted octanol–water partition coefficient (Wildman–Crippen LogP) is 3.18. The standard InChI is InChI=1S/C18H26N2O.ClH/c1-2-12-20(13-11-15-7-4-3-5-8-15)18(21)14-16-9-6-10-17(16)19;/h2-5,7-8,16-17H,1,6,9-14,19H2;1H/t16-,17+;/m0./s1. The predicted molar refractivity (Wildman–Crippen MR) is 94.1 cm³/mol. The molecule has 1 aromatic rings. The molecule has 0 bridgehead atoms. The molecule has 0 aliphatic heterocycles. The van der Waals surface area contributed by atoms with Crippen molar-refractivity contribution in [3.63, 3.8) is 0 Å². The molecule has 1 aromatic carbocycles. The number of rotatable bonds is 7. The summed E-state index contributed by atoms with van der Waals surface area (Å²) in [5.41, 5.74) is 7.34. The lowest BCUT2D eigenvalue weighted by Gasteiger charge is -2.24. The van der Waals surface area contributed by atoms with Gasteiger partial charge in [-0.1, -0.05) is 42.8 Å². The number of benzene rings is 1. The quantitative estimate of drug-likeness (QED) is 0.784. The first-order valence-electron chi connectivity index (χ1n) is 7.89. The molecule has 3 nitrogen and oxygen atoms in total. The van der Waals surface area contributed by atoms with Crippen molar-refractivity contribution >= 4 is 18.3 Å². The summed E-state index contributed by atoms with van der Waals surface area (Å²) in [7, 11) is 0. The SMILES string of the molecule is C=CCN(CCc1ccccc1)C(=O)C[C@@H]1CCC[C@H]1N.Cl. The average Bonchev–Trinajstić information content (AvgIpc) is 2.89. The van der Waals surface area contributed by atoms with Gasteiger partial charge in [0.25, 0.3) is 0 Å². The number of nitrogens with two attached hydrogens (primary N) is 1. The van der Waals surface area contributed by atoms with Crippen LogP contribution in [0.2, 0.25) is 0 Å². The highest BCUT2D eigenvalue weighted by Crippen LogP contribution is 2.27. The summed E-state index contributed by atoms with van der Waals surface area (Å²) in [5, 5.41) is 0. The van der Waals surface area contributed by atoms with E-state index in [0.29, 0.717) is 18.9 Å². The Kier molecular flexibility index (Phi) is 8.21. The van der Waals surface area contributed by atoms with Crippen molar-refractivity contribution < 1.29 is 4.79 Å². The summed E-state index contributed by atoms with van der Waals surface area (Å²) in [5.74, 6) is 0.578. The van der Waals surface area contributed by atoms with Crippen molar-refractivity contribution in [3.05, 3.63) is 48.6 Å². The molecule has 4 heteroatoms. The molecule has 2 rings (SSSR count). The smallest absolute Gasteiger partial charge is 0.223 e. The van der Waals surface area contributed by atoms with Gasteiger partial charge in [-0.3, -0.25) is 4.79 Å². The molecule has 1 saturated carbocycles. The minimum absolute atomic E-state index is 0. The second kappa shape index (κ2) is 9.65. The molecule has 0 aromatic heterocycles. The zero-order valence-electron chi connectivity index (χ0n) is 13.1. The topological polar surface area (TPSA) is 46.3 Å². The van der Waals surface area contributed by atoms with Crippen LogP contribution in [0.25, 0.3) is 0 Å². The van der Waals surface area contributed by atoms with E-state index in [9.17, 15) is 4.79 Å². The van der Waals surface area contributed by atoms with E-state index in [1.807, 2.05) is 23.1 Å². The van der Waals surface area contributed by atoms with Gasteiger partial charge < -0.3 is 10.6 Å². The van der Waals surface area contributed by atoms with E-state index >= 15 is 0 Å². The Morgan fingerprint density at radius 2 is 2.05 bits per heavy atom. The molecule has 2 atom stereocenters. The average molecular weight is 323 g/mol. The van der Waals surface area contributed by atoms with Crippen LogP contribution in [0, 0.1) is 5.92 Å². The summed E-state index contributed by atoms with van der Waals surface area (Å²) >= 11 is 0. The third kappa shape index (κ3) is 5.47. The first kappa shape index (κ1) is 18.7. The maximum atomic E-state index is 12.5. The molecule has 0 saturated heterocycles. The molecule has 1 amide bonds. The minimum atomic E-state index is 0. The fraction of sp³-hybridized carbons (Fsp3) is 0.500. The second-order valence-electron chi connectivity index (χ2n) is 5.92. The van der Waals surface area contributed by atoms with Gasteiger partial charge in [0.2, 0.25) is 5.91 Å². The van der Waals surface area contributed by atoms with Crippen LogP contribution < -0.4 is 5.73 Å². The molecule has 2 N–H and O–H groups in total. The fourth-order valence-corrected chi connectivity index (χ4v) is 3.05. The maximum absolute atomic E-state index is 12.5. The Labute approximate surface area is 140 Å². The lowest BCUT2D eigenvalue weighted by Crippen LogP contribution is -2.36. The van der Waals surface area contributed by atoms with Gasteiger partial charge in [-0.2, -0.15) is 0 Å². The fourth-order valence-electron chi connectivity index (χ4n) is 3.05. The van der Waals surface area contributed by atoms with Crippen LogP contribution in [0.4, 0.5) is 0 Å². The Morgan fingerprint density at radius 3 is 2.64 bits per heavy atom. The van der Waals surface area contributed by atoms with E-state index in [4.69, 9.17) is 5.73 Å². The Hall–Kier alpha value is -1.32. The lowest BCUT2D eigenvalue weighted by molar-refractivity contribution is -0.131. The molecule has 1 fully saturated rings. The highest BCUT2D eigenvalue weighted by Gasteiger charge is 2.27. The number of amides is 1.